The van der Waals surface area contributed by atoms with E-state index in [1.807, 2.05) is 12.1 Å². The Morgan fingerprint density at radius 2 is 2.27 bits per heavy atom. The molecule has 2 aliphatic rings. The van der Waals surface area contributed by atoms with Crippen LogP contribution in [-0.2, 0) is 0 Å². The molecule has 1 saturated heterocycles. The molecule has 1 aliphatic heterocycles. The van der Waals surface area contributed by atoms with Crippen LogP contribution in [0, 0.1) is 0 Å². The number of hydrogen-bond donors (Lipinski definition) is 2. The van der Waals surface area contributed by atoms with Crippen LogP contribution in [0.4, 0.5) is 0 Å². The SMILES string of the molecule is CCCN1C(c2nc3c(C(N)=O)cccc3[nH]2)CCC12CC2. The Morgan fingerprint density at radius 1 is 1.45 bits per heavy atom. The van der Waals surface area contributed by atoms with Crippen LogP contribution in [0.2, 0.25) is 0 Å². The van der Waals surface area contributed by atoms with Gasteiger partial charge < -0.3 is 10.7 Å². The fraction of sp³-hybridized carbons (Fsp3) is 0.529. The zero-order chi connectivity index (χ0) is 15.3. The van der Waals surface area contributed by atoms with Crippen LogP contribution >= 0.6 is 0 Å². The molecule has 5 nitrogen and oxygen atoms in total. The van der Waals surface area contributed by atoms with Crippen molar-refractivity contribution >= 4 is 16.9 Å². The molecule has 22 heavy (non-hydrogen) atoms. The van der Waals surface area contributed by atoms with Gasteiger partial charge in [0.1, 0.15) is 11.3 Å². The fourth-order valence-corrected chi connectivity index (χ4v) is 4.04. The Hall–Kier alpha value is -1.88. The first kappa shape index (κ1) is 13.8. The molecule has 1 atom stereocenters. The van der Waals surface area contributed by atoms with Gasteiger partial charge in [-0.1, -0.05) is 13.0 Å². The molecule has 1 amide bonds. The summed E-state index contributed by atoms with van der Waals surface area (Å²) in [7, 11) is 0. The number of benzene rings is 1. The minimum atomic E-state index is -0.417. The maximum Gasteiger partial charge on any atom is 0.250 e. The maximum atomic E-state index is 11.6. The van der Waals surface area contributed by atoms with Crippen LogP contribution in [0.15, 0.2) is 18.2 Å². The van der Waals surface area contributed by atoms with Gasteiger partial charge in [0.15, 0.2) is 0 Å². The summed E-state index contributed by atoms with van der Waals surface area (Å²) in [5.74, 6) is 0.570. The van der Waals surface area contributed by atoms with Crippen molar-refractivity contribution in [3.63, 3.8) is 0 Å². The molecule has 1 spiro atoms. The number of H-pyrrole nitrogens is 1. The van der Waals surface area contributed by atoms with E-state index in [0.717, 1.165) is 30.7 Å². The first-order chi connectivity index (χ1) is 10.6. The highest BCUT2D eigenvalue weighted by Crippen LogP contribution is 2.55. The summed E-state index contributed by atoms with van der Waals surface area (Å²) < 4.78 is 0. The summed E-state index contributed by atoms with van der Waals surface area (Å²) in [6.45, 7) is 3.35. The molecule has 3 N–H and O–H groups in total. The number of likely N-dealkylation sites (tertiary alicyclic amines) is 1. The van der Waals surface area contributed by atoms with Gasteiger partial charge in [0.25, 0.3) is 5.91 Å². The lowest BCUT2D eigenvalue weighted by atomic mass is 10.2. The first-order valence-electron chi connectivity index (χ1n) is 8.20. The number of rotatable bonds is 4. The number of nitrogens with zero attached hydrogens (tertiary/aromatic N) is 2. The van der Waals surface area contributed by atoms with Gasteiger partial charge in [0, 0.05) is 5.54 Å². The smallest absolute Gasteiger partial charge is 0.250 e. The molecular formula is C17H22N4O. The third-order valence-corrected chi connectivity index (χ3v) is 5.27. The molecule has 116 valence electrons. The number of carbonyl (C=O) groups is 1. The zero-order valence-electron chi connectivity index (χ0n) is 12.9. The maximum absolute atomic E-state index is 11.6. The monoisotopic (exact) mass is 298 g/mol. The zero-order valence-corrected chi connectivity index (χ0v) is 12.9. The topological polar surface area (TPSA) is 75.0 Å². The highest BCUT2D eigenvalue weighted by molar-refractivity contribution is 6.04. The van der Waals surface area contributed by atoms with Crippen molar-refractivity contribution in [2.45, 2.75) is 50.6 Å². The van der Waals surface area contributed by atoms with E-state index in [1.165, 1.54) is 19.3 Å². The van der Waals surface area contributed by atoms with E-state index in [9.17, 15) is 4.79 Å². The van der Waals surface area contributed by atoms with Gasteiger partial charge in [-0.25, -0.2) is 4.98 Å². The van der Waals surface area contributed by atoms with Crippen LogP contribution < -0.4 is 5.73 Å². The number of carbonyl (C=O) groups excluding carboxylic acids is 1. The lowest BCUT2D eigenvalue weighted by molar-refractivity contribution is 0.100. The van der Waals surface area contributed by atoms with E-state index in [0.29, 0.717) is 22.7 Å². The Morgan fingerprint density at radius 3 is 2.95 bits per heavy atom. The molecule has 0 radical (unpaired) electrons. The predicted octanol–water partition coefficient (Wildman–Crippen LogP) is 2.74. The molecule has 0 bridgehead atoms. The van der Waals surface area contributed by atoms with Crippen molar-refractivity contribution in [1.82, 2.24) is 14.9 Å². The minimum absolute atomic E-state index is 0.343. The number of para-hydroxylation sites is 1. The fourth-order valence-electron chi connectivity index (χ4n) is 4.04. The van der Waals surface area contributed by atoms with Gasteiger partial charge >= 0.3 is 0 Å². The molecule has 4 rings (SSSR count). The van der Waals surface area contributed by atoms with Gasteiger partial charge in [-0.2, -0.15) is 0 Å². The molecule has 2 heterocycles. The number of imidazole rings is 1. The minimum Gasteiger partial charge on any atom is -0.366 e. The van der Waals surface area contributed by atoms with E-state index >= 15 is 0 Å². The van der Waals surface area contributed by atoms with Crippen molar-refractivity contribution in [1.29, 1.82) is 0 Å². The number of nitrogens with one attached hydrogen (secondary N) is 1. The molecule has 1 unspecified atom stereocenters. The van der Waals surface area contributed by atoms with E-state index in [1.54, 1.807) is 6.07 Å². The van der Waals surface area contributed by atoms with Crippen LogP contribution in [0.25, 0.3) is 11.0 Å². The molecule has 1 aromatic heterocycles. The van der Waals surface area contributed by atoms with E-state index < -0.39 is 5.91 Å². The third kappa shape index (κ3) is 1.96. The molecule has 5 heteroatoms. The van der Waals surface area contributed by atoms with Gasteiger partial charge in [-0.3, -0.25) is 9.69 Å². The Bertz CT molecular complexity index is 731. The van der Waals surface area contributed by atoms with Gasteiger partial charge in [-0.15, -0.1) is 0 Å². The lowest BCUT2D eigenvalue weighted by Crippen LogP contribution is -2.34. The van der Waals surface area contributed by atoms with E-state index in [2.05, 4.69) is 16.8 Å². The molecular weight excluding hydrogens is 276 g/mol. The number of amides is 1. The van der Waals surface area contributed by atoms with Crippen molar-refractivity contribution in [2.75, 3.05) is 6.54 Å². The van der Waals surface area contributed by atoms with Crippen LogP contribution in [0.1, 0.15) is 61.3 Å². The predicted molar refractivity (Wildman–Crippen MR) is 85.5 cm³/mol. The Kier molecular flexibility index (Phi) is 3.01. The van der Waals surface area contributed by atoms with Crippen LogP contribution in [0.3, 0.4) is 0 Å². The number of aromatic nitrogens is 2. The van der Waals surface area contributed by atoms with Gasteiger partial charge in [0.2, 0.25) is 0 Å². The highest BCUT2D eigenvalue weighted by Gasteiger charge is 2.54. The second-order valence-electron chi connectivity index (χ2n) is 6.66. The second kappa shape index (κ2) is 4.81. The molecule has 1 aliphatic carbocycles. The molecule has 1 saturated carbocycles. The molecule has 1 aromatic carbocycles. The average Bonchev–Trinajstić information content (AvgIpc) is 3.01. The quantitative estimate of drug-likeness (QED) is 0.911. The summed E-state index contributed by atoms with van der Waals surface area (Å²) in [6.07, 6.45) is 6.20. The summed E-state index contributed by atoms with van der Waals surface area (Å²) in [5.41, 5.74) is 8.01. The molecule has 2 aromatic rings. The van der Waals surface area contributed by atoms with Crippen LogP contribution in [-0.4, -0.2) is 32.9 Å². The standard InChI is InChI=1S/C17H22N4O/c1-2-10-21-13(6-7-17(21)8-9-17)16-19-12-5-3-4-11(15(18)22)14(12)20-16/h3-5,13H,2,6-10H2,1H3,(H2,18,22)(H,19,20). The van der Waals surface area contributed by atoms with Gasteiger partial charge in [-0.05, 0) is 50.8 Å². The highest BCUT2D eigenvalue weighted by atomic mass is 16.1. The number of nitrogens with two attached hydrogens (primary N) is 1. The second-order valence-corrected chi connectivity index (χ2v) is 6.66. The van der Waals surface area contributed by atoms with E-state index in [4.69, 9.17) is 10.7 Å². The van der Waals surface area contributed by atoms with Crippen molar-refractivity contribution in [2.24, 2.45) is 5.73 Å². The number of primary amides is 1. The Labute approximate surface area is 129 Å². The van der Waals surface area contributed by atoms with Crippen LogP contribution in [0.5, 0.6) is 0 Å². The Balaban J connectivity index is 1.75. The third-order valence-electron chi connectivity index (χ3n) is 5.27. The largest absolute Gasteiger partial charge is 0.366 e. The summed E-state index contributed by atoms with van der Waals surface area (Å²) in [5, 5.41) is 0. The number of hydrogen-bond acceptors (Lipinski definition) is 3. The number of aromatic amines is 1. The van der Waals surface area contributed by atoms with E-state index in [-0.39, 0.29) is 0 Å². The average molecular weight is 298 g/mol. The summed E-state index contributed by atoms with van der Waals surface area (Å²) in [4.78, 5) is 22.4. The van der Waals surface area contributed by atoms with Crippen molar-refractivity contribution in [3.05, 3.63) is 29.6 Å². The lowest BCUT2D eigenvalue weighted by Gasteiger charge is -2.28. The summed E-state index contributed by atoms with van der Waals surface area (Å²) in [6, 6.07) is 5.90. The van der Waals surface area contributed by atoms with Crippen molar-refractivity contribution < 1.29 is 4.79 Å². The number of fused-ring (bicyclic) bond motifs is 1. The first-order valence-corrected chi connectivity index (χ1v) is 8.20. The van der Waals surface area contributed by atoms with Gasteiger partial charge in [0.05, 0.1) is 17.1 Å². The van der Waals surface area contributed by atoms with Crippen molar-refractivity contribution in [3.8, 4) is 0 Å². The molecule has 2 fully saturated rings. The normalized spacial score (nSPS) is 23.4. The summed E-state index contributed by atoms with van der Waals surface area (Å²) >= 11 is 0.